The summed E-state index contributed by atoms with van der Waals surface area (Å²) >= 11 is 0. The van der Waals surface area contributed by atoms with Crippen LogP contribution in [0.2, 0.25) is 0 Å². The topological polar surface area (TPSA) is 50.8 Å². The molecular weight excluding hydrogens is 250 g/mol. The first-order valence-electron chi connectivity index (χ1n) is 6.79. The molecule has 0 aliphatic heterocycles. The molecule has 3 aromatic rings. The Labute approximate surface area is 117 Å². The summed E-state index contributed by atoms with van der Waals surface area (Å²) in [4.78, 5) is 11.7. The molecule has 102 valence electrons. The molecule has 3 rings (SSSR count). The molecule has 2 heterocycles. The predicted octanol–water partition coefficient (Wildman–Crippen LogP) is 3.28. The van der Waals surface area contributed by atoms with Gasteiger partial charge in [0.05, 0.1) is 24.1 Å². The van der Waals surface area contributed by atoms with Crippen molar-refractivity contribution in [2.45, 2.75) is 19.8 Å². The van der Waals surface area contributed by atoms with E-state index in [-0.39, 0.29) is 0 Å². The van der Waals surface area contributed by atoms with Crippen molar-refractivity contribution in [3.05, 3.63) is 54.2 Å². The third-order valence-corrected chi connectivity index (χ3v) is 3.34. The van der Waals surface area contributed by atoms with Crippen molar-refractivity contribution in [3.8, 4) is 5.75 Å². The van der Waals surface area contributed by atoms with Gasteiger partial charge >= 0.3 is 0 Å². The van der Waals surface area contributed by atoms with Crippen LogP contribution in [-0.4, -0.2) is 21.6 Å². The molecule has 0 aliphatic carbocycles. The first kappa shape index (κ1) is 12.7. The van der Waals surface area contributed by atoms with Crippen molar-refractivity contribution < 1.29 is 4.74 Å². The minimum atomic E-state index is 0.693. The highest BCUT2D eigenvalue weighted by Gasteiger charge is 2.01. The van der Waals surface area contributed by atoms with E-state index in [4.69, 9.17) is 4.74 Å². The van der Waals surface area contributed by atoms with E-state index in [1.165, 1.54) is 0 Å². The number of rotatable bonds is 5. The van der Waals surface area contributed by atoms with Crippen molar-refractivity contribution in [2.24, 2.45) is 0 Å². The zero-order chi connectivity index (χ0) is 13.8. The van der Waals surface area contributed by atoms with Crippen LogP contribution < -0.4 is 4.74 Å². The number of aromatic amines is 1. The number of nitrogens with zero attached hydrogens (tertiary/aromatic N) is 2. The highest BCUT2D eigenvalue weighted by atomic mass is 16.5. The second-order valence-electron chi connectivity index (χ2n) is 4.78. The molecule has 0 saturated carbocycles. The number of pyridine rings is 1. The fourth-order valence-corrected chi connectivity index (χ4v) is 2.21. The van der Waals surface area contributed by atoms with Crippen molar-refractivity contribution in [3.63, 3.8) is 0 Å². The van der Waals surface area contributed by atoms with E-state index >= 15 is 0 Å². The molecule has 0 radical (unpaired) electrons. The van der Waals surface area contributed by atoms with E-state index in [2.05, 4.69) is 15.0 Å². The summed E-state index contributed by atoms with van der Waals surface area (Å²) in [6.07, 6.45) is 5.43. The SMILES string of the molecule is Cc1[nH]cnc1CCCOc1ccc2ncccc2c1. The Hall–Kier alpha value is -2.36. The van der Waals surface area contributed by atoms with E-state index in [1.807, 2.05) is 37.3 Å². The Balaban J connectivity index is 1.56. The highest BCUT2D eigenvalue weighted by Crippen LogP contribution is 2.19. The van der Waals surface area contributed by atoms with Gasteiger partial charge in [0.25, 0.3) is 0 Å². The number of benzene rings is 1. The summed E-state index contributed by atoms with van der Waals surface area (Å²) in [5, 5.41) is 1.10. The van der Waals surface area contributed by atoms with Crippen LogP contribution >= 0.6 is 0 Å². The fourth-order valence-electron chi connectivity index (χ4n) is 2.21. The van der Waals surface area contributed by atoms with Gasteiger partial charge in [-0.2, -0.15) is 0 Å². The fraction of sp³-hybridized carbons (Fsp3) is 0.250. The standard InChI is InChI=1S/C16H17N3O/c1-12-15(19-11-18-12)5-3-9-20-14-6-7-16-13(10-14)4-2-8-17-16/h2,4,6-8,10-11H,3,5,9H2,1H3,(H,18,19). The molecule has 2 aromatic heterocycles. The Morgan fingerprint density at radius 2 is 2.15 bits per heavy atom. The summed E-state index contributed by atoms with van der Waals surface area (Å²) in [7, 11) is 0. The Morgan fingerprint density at radius 3 is 3.00 bits per heavy atom. The maximum absolute atomic E-state index is 5.79. The average Bonchev–Trinajstić information content (AvgIpc) is 2.89. The lowest BCUT2D eigenvalue weighted by atomic mass is 10.2. The van der Waals surface area contributed by atoms with Crippen LogP contribution in [0.15, 0.2) is 42.9 Å². The molecule has 0 fully saturated rings. The molecule has 0 atom stereocenters. The number of ether oxygens (including phenoxy) is 1. The normalized spacial score (nSPS) is 10.8. The first-order chi connectivity index (χ1) is 9.83. The second-order valence-corrected chi connectivity index (χ2v) is 4.78. The summed E-state index contributed by atoms with van der Waals surface area (Å²) in [5.74, 6) is 0.893. The van der Waals surface area contributed by atoms with Crippen LogP contribution in [0.1, 0.15) is 17.8 Å². The molecule has 4 heteroatoms. The lowest BCUT2D eigenvalue weighted by Gasteiger charge is -2.06. The maximum Gasteiger partial charge on any atom is 0.120 e. The minimum Gasteiger partial charge on any atom is -0.494 e. The monoisotopic (exact) mass is 267 g/mol. The Kier molecular flexibility index (Phi) is 3.63. The summed E-state index contributed by atoms with van der Waals surface area (Å²) in [6, 6.07) is 9.97. The Bertz CT molecular complexity index is 706. The van der Waals surface area contributed by atoms with E-state index < -0.39 is 0 Å². The maximum atomic E-state index is 5.79. The van der Waals surface area contributed by atoms with Crippen LogP contribution in [-0.2, 0) is 6.42 Å². The number of nitrogens with one attached hydrogen (secondary N) is 1. The summed E-state index contributed by atoms with van der Waals surface area (Å²) in [5.41, 5.74) is 3.25. The van der Waals surface area contributed by atoms with Gasteiger partial charge in [0.1, 0.15) is 5.75 Å². The number of hydrogen-bond acceptors (Lipinski definition) is 3. The summed E-state index contributed by atoms with van der Waals surface area (Å²) < 4.78 is 5.79. The molecule has 0 spiro atoms. The molecule has 0 aliphatic rings. The molecule has 1 N–H and O–H groups in total. The number of imidazole rings is 1. The van der Waals surface area contributed by atoms with E-state index in [9.17, 15) is 0 Å². The van der Waals surface area contributed by atoms with Crippen molar-refractivity contribution in [2.75, 3.05) is 6.61 Å². The van der Waals surface area contributed by atoms with E-state index in [0.717, 1.165) is 40.9 Å². The molecule has 0 unspecified atom stereocenters. The summed E-state index contributed by atoms with van der Waals surface area (Å²) in [6.45, 7) is 2.73. The van der Waals surface area contributed by atoms with Gasteiger partial charge in [-0.1, -0.05) is 6.07 Å². The van der Waals surface area contributed by atoms with E-state index in [1.54, 1.807) is 12.5 Å². The molecule has 0 saturated heterocycles. The van der Waals surface area contributed by atoms with Crippen LogP contribution in [0.25, 0.3) is 10.9 Å². The molecule has 4 nitrogen and oxygen atoms in total. The van der Waals surface area contributed by atoms with Gasteiger partial charge in [-0.05, 0) is 44.0 Å². The van der Waals surface area contributed by atoms with Crippen LogP contribution in [0.5, 0.6) is 5.75 Å². The van der Waals surface area contributed by atoms with Gasteiger partial charge < -0.3 is 9.72 Å². The smallest absolute Gasteiger partial charge is 0.120 e. The minimum absolute atomic E-state index is 0.693. The zero-order valence-corrected chi connectivity index (χ0v) is 11.5. The van der Waals surface area contributed by atoms with Crippen LogP contribution in [0, 0.1) is 6.92 Å². The first-order valence-corrected chi connectivity index (χ1v) is 6.79. The number of H-pyrrole nitrogens is 1. The average molecular weight is 267 g/mol. The third kappa shape index (κ3) is 2.79. The number of aromatic nitrogens is 3. The largest absolute Gasteiger partial charge is 0.494 e. The number of hydrogen-bond donors (Lipinski definition) is 1. The second kappa shape index (κ2) is 5.74. The number of aryl methyl sites for hydroxylation is 2. The predicted molar refractivity (Wildman–Crippen MR) is 78.9 cm³/mol. The molecule has 0 amide bonds. The van der Waals surface area contributed by atoms with Gasteiger partial charge in [-0.3, -0.25) is 4.98 Å². The van der Waals surface area contributed by atoms with Crippen LogP contribution in [0.4, 0.5) is 0 Å². The van der Waals surface area contributed by atoms with Crippen molar-refractivity contribution >= 4 is 10.9 Å². The van der Waals surface area contributed by atoms with Crippen LogP contribution in [0.3, 0.4) is 0 Å². The molecule has 1 aromatic carbocycles. The molecule has 0 bridgehead atoms. The van der Waals surface area contributed by atoms with Crippen molar-refractivity contribution in [1.82, 2.24) is 15.0 Å². The van der Waals surface area contributed by atoms with Gasteiger partial charge in [0.2, 0.25) is 0 Å². The van der Waals surface area contributed by atoms with Gasteiger partial charge in [-0.25, -0.2) is 4.98 Å². The highest BCUT2D eigenvalue weighted by molar-refractivity contribution is 5.79. The lowest BCUT2D eigenvalue weighted by Crippen LogP contribution is -2.00. The Morgan fingerprint density at radius 1 is 1.20 bits per heavy atom. The van der Waals surface area contributed by atoms with Gasteiger partial charge in [-0.15, -0.1) is 0 Å². The molecule has 20 heavy (non-hydrogen) atoms. The lowest BCUT2D eigenvalue weighted by molar-refractivity contribution is 0.311. The van der Waals surface area contributed by atoms with E-state index in [0.29, 0.717) is 6.61 Å². The van der Waals surface area contributed by atoms with Gasteiger partial charge in [0.15, 0.2) is 0 Å². The van der Waals surface area contributed by atoms with Crippen molar-refractivity contribution in [1.29, 1.82) is 0 Å². The number of fused-ring (bicyclic) bond motifs is 1. The van der Waals surface area contributed by atoms with Gasteiger partial charge in [0, 0.05) is 17.3 Å². The third-order valence-electron chi connectivity index (χ3n) is 3.34. The molecular formula is C16H17N3O. The zero-order valence-electron chi connectivity index (χ0n) is 11.5. The quantitative estimate of drug-likeness (QED) is 0.722.